The van der Waals surface area contributed by atoms with Gasteiger partial charge in [0, 0.05) is 57.1 Å². The topological polar surface area (TPSA) is 99.3 Å². The molecule has 2 aliphatic rings. The summed E-state index contributed by atoms with van der Waals surface area (Å²) in [6.45, 7) is 2.29. The van der Waals surface area contributed by atoms with Crippen molar-refractivity contribution >= 4 is 33.2 Å². The lowest BCUT2D eigenvalue weighted by atomic mass is 10.1. The summed E-state index contributed by atoms with van der Waals surface area (Å²) in [6.07, 6.45) is 0.406. The molecule has 2 saturated heterocycles. The number of methoxy groups -OCH3 is 1. The maximum atomic E-state index is 13.1. The predicted octanol–water partition coefficient (Wildman–Crippen LogP) is 1.85. The van der Waals surface area contributed by atoms with Crippen LogP contribution in [-0.2, 0) is 19.6 Å². The normalized spacial score (nSPS) is 18.9. The van der Waals surface area contributed by atoms with Gasteiger partial charge in [0.2, 0.25) is 21.8 Å². The molecule has 2 aromatic carbocycles. The van der Waals surface area contributed by atoms with Gasteiger partial charge >= 0.3 is 0 Å². The molecule has 0 aliphatic carbocycles. The molecule has 1 unspecified atom stereocenters. The predicted molar refractivity (Wildman–Crippen MR) is 135 cm³/mol. The number of carbonyl (C=O) groups is 2. The first-order valence-electron chi connectivity index (χ1n) is 12.0. The highest BCUT2D eigenvalue weighted by Crippen LogP contribution is 2.27. The Bertz CT molecular complexity index is 1170. The van der Waals surface area contributed by atoms with Gasteiger partial charge in [0.15, 0.2) is 0 Å². The number of hydrogen-bond acceptors (Lipinski definition) is 6. The van der Waals surface area contributed by atoms with Crippen molar-refractivity contribution in [2.75, 3.05) is 61.9 Å². The van der Waals surface area contributed by atoms with Gasteiger partial charge in [0.05, 0.1) is 18.8 Å². The Balaban J connectivity index is 1.19. The van der Waals surface area contributed by atoms with Crippen LogP contribution in [0.25, 0.3) is 0 Å². The van der Waals surface area contributed by atoms with Crippen LogP contribution in [-0.4, -0.2) is 76.7 Å². The minimum absolute atomic E-state index is 0.0641. The molecule has 2 fully saturated rings. The van der Waals surface area contributed by atoms with E-state index in [1.54, 1.807) is 48.4 Å². The summed E-state index contributed by atoms with van der Waals surface area (Å²) in [5.41, 5.74) is 1.58. The van der Waals surface area contributed by atoms with Crippen LogP contribution in [0.1, 0.15) is 12.8 Å². The van der Waals surface area contributed by atoms with Crippen molar-refractivity contribution < 1.29 is 27.1 Å². The molecule has 0 radical (unpaired) electrons. The summed E-state index contributed by atoms with van der Waals surface area (Å²) < 4.78 is 45.2. The number of sulfonamides is 1. The van der Waals surface area contributed by atoms with Crippen molar-refractivity contribution in [1.29, 1.82) is 0 Å². The second kappa shape index (κ2) is 11.3. The maximum absolute atomic E-state index is 13.1. The zero-order valence-corrected chi connectivity index (χ0v) is 21.0. The van der Waals surface area contributed by atoms with Crippen LogP contribution < -0.4 is 19.9 Å². The second-order valence-corrected chi connectivity index (χ2v) is 11.0. The van der Waals surface area contributed by atoms with Gasteiger partial charge in [-0.25, -0.2) is 12.8 Å². The Hall–Kier alpha value is -3.18. The number of ether oxygens (including phenoxy) is 1. The molecule has 0 aromatic heterocycles. The van der Waals surface area contributed by atoms with Gasteiger partial charge in [-0.1, -0.05) is 0 Å². The van der Waals surface area contributed by atoms with Gasteiger partial charge in [-0.2, -0.15) is 4.31 Å². The maximum Gasteiger partial charge on any atom is 0.227 e. The van der Waals surface area contributed by atoms with E-state index in [4.69, 9.17) is 4.74 Å². The zero-order valence-electron chi connectivity index (χ0n) is 20.2. The summed E-state index contributed by atoms with van der Waals surface area (Å²) in [4.78, 5) is 28.6. The lowest BCUT2D eigenvalue weighted by Gasteiger charge is -2.35. The number of anilines is 2. The fourth-order valence-corrected chi connectivity index (χ4v) is 6.00. The number of rotatable bonds is 9. The number of nitrogens with one attached hydrogen (secondary N) is 1. The van der Waals surface area contributed by atoms with E-state index >= 15 is 0 Å². The number of piperazine rings is 1. The number of nitrogens with zero attached hydrogens (tertiary/aromatic N) is 3. The number of hydrogen-bond donors (Lipinski definition) is 1. The molecule has 1 N–H and O–H groups in total. The Morgan fingerprint density at radius 3 is 2.31 bits per heavy atom. The highest BCUT2D eigenvalue weighted by atomic mass is 32.2. The van der Waals surface area contributed by atoms with E-state index < -0.39 is 15.9 Å². The van der Waals surface area contributed by atoms with E-state index in [0.29, 0.717) is 37.6 Å². The lowest BCUT2D eigenvalue weighted by molar-refractivity contribution is -0.126. The third-order valence-corrected chi connectivity index (χ3v) is 8.54. The molecule has 0 bridgehead atoms. The number of amides is 2. The minimum atomic E-state index is -3.45. The van der Waals surface area contributed by atoms with Gasteiger partial charge in [-0.15, -0.1) is 0 Å². The summed E-state index contributed by atoms with van der Waals surface area (Å²) in [5, 5.41) is 2.78. The first kappa shape index (κ1) is 25.9. The summed E-state index contributed by atoms with van der Waals surface area (Å²) in [5.74, 6) is -0.528. The van der Waals surface area contributed by atoms with Gasteiger partial charge < -0.3 is 19.9 Å². The van der Waals surface area contributed by atoms with Gasteiger partial charge in [0.1, 0.15) is 11.6 Å². The van der Waals surface area contributed by atoms with Crippen molar-refractivity contribution in [3.05, 3.63) is 54.3 Å². The van der Waals surface area contributed by atoms with Crippen molar-refractivity contribution in [3.63, 3.8) is 0 Å². The molecule has 2 amide bonds. The van der Waals surface area contributed by atoms with Crippen molar-refractivity contribution in [3.8, 4) is 5.75 Å². The Labute approximate surface area is 210 Å². The third-order valence-electron chi connectivity index (χ3n) is 6.58. The average Bonchev–Trinajstić information content (AvgIpc) is 3.28. The first-order valence-corrected chi connectivity index (χ1v) is 13.6. The van der Waals surface area contributed by atoms with Crippen LogP contribution >= 0.6 is 0 Å². The lowest BCUT2D eigenvalue weighted by Crippen LogP contribution is -2.49. The summed E-state index contributed by atoms with van der Waals surface area (Å²) in [6, 6.07) is 13.3. The fraction of sp³-hybridized carbons (Fsp3) is 0.440. The Kier molecular flexibility index (Phi) is 8.10. The van der Waals surface area contributed by atoms with Gasteiger partial charge in [0.25, 0.3) is 0 Å². The molecule has 0 spiro atoms. The standard InChI is InChI=1S/C25H31FN4O5S/c1-35-23-9-7-22(8-10-23)30-18-19(17-24(30)31)25(32)27-11-2-16-36(33,34)29-14-12-28(13-15-29)21-5-3-20(26)4-6-21/h3-10,19H,2,11-18H2,1H3,(H,27,32). The summed E-state index contributed by atoms with van der Waals surface area (Å²) >= 11 is 0. The van der Waals surface area contributed by atoms with Crippen molar-refractivity contribution in [2.45, 2.75) is 12.8 Å². The second-order valence-electron chi connectivity index (χ2n) is 8.93. The number of benzene rings is 2. The molecule has 1 atom stereocenters. The van der Waals surface area contributed by atoms with E-state index in [-0.39, 0.29) is 49.3 Å². The average molecular weight is 519 g/mol. The Morgan fingerprint density at radius 1 is 1.03 bits per heavy atom. The minimum Gasteiger partial charge on any atom is -0.497 e. The van der Waals surface area contributed by atoms with Gasteiger partial charge in [-0.05, 0) is 55.0 Å². The van der Waals surface area contributed by atoms with Crippen molar-refractivity contribution in [2.24, 2.45) is 5.92 Å². The molecular formula is C25H31FN4O5S. The molecule has 36 heavy (non-hydrogen) atoms. The molecule has 9 nitrogen and oxygen atoms in total. The Morgan fingerprint density at radius 2 is 1.67 bits per heavy atom. The fourth-order valence-electron chi connectivity index (χ4n) is 4.51. The molecule has 11 heteroatoms. The smallest absolute Gasteiger partial charge is 0.227 e. The van der Waals surface area contributed by atoms with E-state index in [1.807, 2.05) is 4.90 Å². The highest BCUT2D eigenvalue weighted by molar-refractivity contribution is 7.89. The van der Waals surface area contributed by atoms with Crippen LogP contribution in [0.5, 0.6) is 5.75 Å². The SMILES string of the molecule is COc1ccc(N2CC(C(=O)NCCCS(=O)(=O)N3CCN(c4ccc(F)cc4)CC3)CC2=O)cc1. The number of carbonyl (C=O) groups excluding carboxylic acids is 2. The highest BCUT2D eigenvalue weighted by Gasteiger charge is 2.35. The van der Waals surface area contributed by atoms with E-state index in [1.165, 1.54) is 16.4 Å². The number of halogens is 1. The summed E-state index contributed by atoms with van der Waals surface area (Å²) in [7, 11) is -1.88. The molecule has 4 rings (SSSR count). The zero-order chi connectivity index (χ0) is 25.7. The van der Waals surface area contributed by atoms with Gasteiger partial charge in [-0.3, -0.25) is 9.59 Å². The van der Waals surface area contributed by atoms with Crippen LogP contribution in [0, 0.1) is 11.7 Å². The van der Waals surface area contributed by atoms with Crippen LogP contribution in [0.15, 0.2) is 48.5 Å². The van der Waals surface area contributed by atoms with E-state index in [9.17, 15) is 22.4 Å². The first-order chi connectivity index (χ1) is 17.3. The van der Waals surface area contributed by atoms with Crippen LogP contribution in [0.2, 0.25) is 0 Å². The van der Waals surface area contributed by atoms with E-state index in [2.05, 4.69) is 5.32 Å². The molecule has 0 saturated carbocycles. The van der Waals surface area contributed by atoms with Crippen LogP contribution in [0.4, 0.5) is 15.8 Å². The molecule has 2 aromatic rings. The molecule has 194 valence electrons. The monoisotopic (exact) mass is 518 g/mol. The molecule has 2 aliphatic heterocycles. The third kappa shape index (κ3) is 6.14. The molecular weight excluding hydrogens is 487 g/mol. The van der Waals surface area contributed by atoms with Crippen LogP contribution in [0.3, 0.4) is 0 Å². The quantitative estimate of drug-likeness (QED) is 0.509. The largest absolute Gasteiger partial charge is 0.497 e. The van der Waals surface area contributed by atoms with E-state index in [0.717, 1.165) is 5.69 Å². The van der Waals surface area contributed by atoms with Crippen molar-refractivity contribution in [1.82, 2.24) is 9.62 Å². The molecule has 2 heterocycles.